The molecule has 20 heavy (non-hydrogen) atoms. The Morgan fingerprint density at radius 2 is 2.00 bits per heavy atom. The Labute approximate surface area is 119 Å². The highest BCUT2D eigenvalue weighted by Crippen LogP contribution is 2.25. The number of hydrogen-bond acceptors (Lipinski definition) is 4. The van der Waals surface area contributed by atoms with Crippen molar-refractivity contribution in [3.8, 4) is 0 Å². The summed E-state index contributed by atoms with van der Waals surface area (Å²) < 4.78 is 35.7. The van der Waals surface area contributed by atoms with Crippen molar-refractivity contribution < 1.29 is 17.4 Å². The minimum Gasteiger partial charge on any atom is -0.442 e. The van der Waals surface area contributed by atoms with Crippen LogP contribution in [0.15, 0.2) is 9.99 Å². The van der Waals surface area contributed by atoms with E-state index in [4.69, 9.17) is 8.97 Å². The number of rotatable bonds is 5. The first kappa shape index (κ1) is 15.3. The zero-order valence-corrected chi connectivity index (χ0v) is 12.6. The lowest BCUT2D eigenvalue weighted by atomic mass is 9.95. The summed E-state index contributed by atoms with van der Waals surface area (Å²) in [6.45, 7) is 1.83. The number of aryl methyl sites for hydroxylation is 2. The molecule has 1 heterocycles. The molecule has 1 aliphatic rings. The molecule has 1 saturated carbocycles. The number of oxazole rings is 1. The molecule has 5 nitrogen and oxygen atoms in total. The number of allylic oxidation sites excluding steroid dienone is 1. The van der Waals surface area contributed by atoms with E-state index in [1.807, 2.05) is 13.0 Å². The standard InChI is InChI=1S/C14H21NO4S/c1-11-13(8-5-9-20(16,17)18)15-14(19-11)10-12-6-3-2-4-7-12/h10H,2-9H2,1H3,(H,16,17,18). The van der Waals surface area contributed by atoms with Crippen molar-refractivity contribution in [1.29, 1.82) is 0 Å². The van der Waals surface area contributed by atoms with Gasteiger partial charge in [-0.2, -0.15) is 8.42 Å². The number of aromatic nitrogens is 1. The van der Waals surface area contributed by atoms with Gasteiger partial charge in [-0.25, -0.2) is 4.98 Å². The number of hydrogen-bond donors (Lipinski definition) is 1. The van der Waals surface area contributed by atoms with E-state index >= 15 is 0 Å². The highest BCUT2D eigenvalue weighted by Gasteiger charge is 2.12. The quantitative estimate of drug-likeness (QED) is 0.845. The van der Waals surface area contributed by atoms with Crippen LogP contribution in [0.5, 0.6) is 0 Å². The second kappa shape index (κ2) is 6.54. The van der Waals surface area contributed by atoms with E-state index in [0.29, 0.717) is 18.7 Å². The maximum Gasteiger partial charge on any atom is 0.264 e. The van der Waals surface area contributed by atoms with Crippen molar-refractivity contribution >= 4 is 16.2 Å². The first-order chi connectivity index (χ1) is 9.44. The van der Waals surface area contributed by atoms with Gasteiger partial charge in [-0.1, -0.05) is 12.0 Å². The highest BCUT2D eigenvalue weighted by atomic mass is 32.2. The lowest BCUT2D eigenvalue weighted by molar-refractivity contribution is 0.480. The predicted octanol–water partition coefficient (Wildman–Crippen LogP) is 3.15. The Morgan fingerprint density at radius 1 is 1.30 bits per heavy atom. The summed E-state index contributed by atoms with van der Waals surface area (Å²) in [5, 5.41) is 0. The molecule has 0 unspecified atom stereocenters. The third-order valence-corrected chi connectivity index (χ3v) is 4.35. The topological polar surface area (TPSA) is 80.4 Å². The molecule has 0 radical (unpaired) electrons. The van der Waals surface area contributed by atoms with E-state index in [-0.39, 0.29) is 5.75 Å². The Bertz CT molecular complexity index is 578. The molecule has 1 aliphatic carbocycles. The van der Waals surface area contributed by atoms with Crippen molar-refractivity contribution in [2.75, 3.05) is 5.75 Å². The van der Waals surface area contributed by atoms with Gasteiger partial charge < -0.3 is 4.42 Å². The zero-order chi connectivity index (χ0) is 14.6. The molecule has 2 rings (SSSR count). The molecule has 0 atom stereocenters. The number of nitrogens with zero attached hydrogens (tertiary/aromatic N) is 1. The highest BCUT2D eigenvalue weighted by molar-refractivity contribution is 7.85. The van der Waals surface area contributed by atoms with Gasteiger partial charge in [-0.15, -0.1) is 0 Å². The van der Waals surface area contributed by atoms with E-state index in [2.05, 4.69) is 4.98 Å². The molecule has 1 N–H and O–H groups in total. The molecular weight excluding hydrogens is 278 g/mol. The Kier molecular flexibility index (Phi) is 4.99. The first-order valence-corrected chi connectivity index (χ1v) is 8.66. The normalized spacial score (nSPS) is 16.4. The molecule has 0 amide bonds. The largest absolute Gasteiger partial charge is 0.442 e. The van der Waals surface area contributed by atoms with E-state index < -0.39 is 10.1 Å². The van der Waals surface area contributed by atoms with Gasteiger partial charge in [0.2, 0.25) is 5.89 Å². The van der Waals surface area contributed by atoms with Gasteiger partial charge in [0.1, 0.15) is 5.76 Å². The van der Waals surface area contributed by atoms with Crippen molar-refractivity contribution in [1.82, 2.24) is 4.98 Å². The van der Waals surface area contributed by atoms with Gasteiger partial charge >= 0.3 is 0 Å². The summed E-state index contributed by atoms with van der Waals surface area (Å²) >= 11 is 0. The molecule has 0 saturated heterocycles. The van der Waals surface area contributed by atoms with Crippen LogP contribution in [0.4, 0.5) is 0 Å². The van der Waals surface area contributed by atoms with Gasteiger partial charge in [-0.05, 0) is 51.5 Å². The minimum absolute atomic E-state index is 0.240. The van der Waals surface area contributed by atoms with Crippen LogP contribution < -0.4 is 0 Å². The van der Waals surface area contributed by atoms with Crippen LogP contribution in [-0.4, -0.2) is 23.7 Å². The molecule has 0 aromatic carbocycles. The lowest BCUT2D eigenvalue weighted by Gasteiger charge is -2.12. The summed E-state index contributed by atoms with van der Waals surface area (Å²) in [4.78, 5) is 4.40. The molecular formula is C14H21NO4S. The van der Waals surface area contributed by atoms with E-state index in [1.165, 1.54) is 24.8 Å². The smallest absolute Gasteiger partial charge is 0.264 e. The average Bonchev–Trinajstić information content (AvgIpc) is 2.69. The predicted molar refractivity (Wildman–Crippen MR) is 77.0 cm³/mol. The summed E-state index contributed by atoms with van der Waals surface area (Å²) in [6.07, 6.45) is 8.83. The van der Waals surface area contributed by atoms with E-state index in [1.54, 1.807) is 0 Å². The van der Waals surface area contributed by atoms with Crippen molar-refractivity contribution in [2.24, 2.45) is 0 Å². The minimum atomic E-state index is -3.89. The van der Waals surface area contributed by atoms with Crippen molar-refractivity contribution in [3.63, 3.8) is 0 Å². The fourth-order valence-electron chi connectivity index (χ4n) is 2.49. The van der Waals surface area contributed by atoms with Gasteiger partial charge in [0.05, 0.1) is 11.4 Å². The Hall–Kier alpha value is -1.14. The summed E-state index contributed by atoms with van der Waals surface area (Å²) in [5.74, 6) is 1.10. The van der Waals surface area contributed by atoms with Crippen LogP contribution in [-0.2, 0) is 16.5 Å². The van der Waals surface area contributed by atoms with Gasteiger partial charge in [-0.3, -0.25) is 4.55 Å². The van der Waals surface area contributed by atoms with E-state index in [0.717, 1.165) is 24.3 Å². The van der Waals surface area contributed by atoms with Gasteiger partial charge in [0.25, 0.3) is 10.1 Å². The SMILES string of the molecule is Cc1oc(C=C2CCCCC2)nc1CCCS(=O)(=O)O. The van der Waals surface area contributed by atoms with Crippen molar-refractivity contribution in [3.05, 3.63) is 22.9 Å². The Morgan fingerprint density at radius 3 is 2.65 bits per heavy atom. The molecule has 6 heteroatoms. The second-order valence-corrected chi connectivity index (χ2v) is 6.88. The van der Waals surface area contributed by atoms with Crippen LogP contribution in [0.1, 0.15) is 55.9 Å². The molecule has 0 aliphatic heterocycles. The first-order valence-electron chi connectivity index (χ1n) is 7.05. The van der Waals surface area contributed by atoms with Crippen molar-refractivity contribution in [2.45, 2.75) is 51.9 Å². The molecule has 112 valence electrons. The van der Waals surface area contributed by atoms with Gasteiger partial charge in [0.15, 0.2) is 0 Å². The lowest BCUT2D eigenvalue weighted by Crippen LogP contribution is -2.05. The summed E-state index contributed by atoms with van der Waals surface area (Å²) in [5.41, 5.74) is 2.15. The average molecular weight is 299 g/mol. The van der Waals surface area contributed by atoms with Gasteiger partial charge in [0, 0.05) is 0 Å². The molecule has 1 aromatic heterocycles. The zero-order valence-electron chi connectivity index (χ0n) is 11.8. The molecule has 1 fully saturated rings. The van der Waals surface area contributed by atoms with E-state index in [9.17, 15) is 8.42 Å². The van der Waals surface area contributed by atoms with Crippen LogP contribution in [0.25, 0.3) is 6.08 Å². The van der Waals surface area contributed by atoms with Crippen LogP contribution in [0, 0.1) is 6.92 Å². The molecule has 0 spiro atoms. The molecule has 0 bridgehead atoms. The summed E-state index contributed by atoms with van der Waals surface area (Å²) in [6, 6.07) is 0. The monoisotopic (exact) mass is 299 g/mol. The Balaban J connectivity index is 1.98. The fourth-order valence-corrected chi connectivity index (χ4v) is 3.00. The second-order valence-electron chi connectivity index (χ2n) is 5.31. The molecule has 1 aromatic rings. The third-order valence-electron chi connectivity index (χ3n) is 3.55. The fraction of sp³-hybridized carbons (Fsp3) is 0.643. The third kappa shape index (κ3) is 4.76. The maximum absolute atomic E-state index is 10.7. The van der Waals surface area contributed by atoms with Crippen LogP contribution >= 0.6 is 0 Å². The van der Waals surface area contributed by atoms with Crippen LogP contribution in [0.3, 0.4) is 0 Å². The summed E-state index contributed by atoms with van der Waals surface area (Å²) in [7, 11) is -3.89. The van der Waals surface area contributed by atoms with Crippen LogP contribution in [0.2, 0.25) is 0 Å². The maximum atomic E-state index is 10.7.